The molecule has 0 saturated heterocycles. The highest BCUT2D eigenvalue weighted by Gasteiger charge is 2.26. The standard InChI is InChI=1S/C21H29FN2O2S/c1-12(2)9-20(27-13(3)4)18-10-19(14(5)23)24-21-17(18)8-7-16(26-21)11-25-15(6)22/h9-10,12,15-16H,3,5,7-8,11,23H2,1-2,4,6H3/b20-9-. The van der Waals surface area contributed by atoms with Crippen molar-refractivity contribution >= 4 is 22.4 Å². The molecule has 2 heterocycles. The van der Waals surface area contributed by atoms with Gasteiger partial charge in [-0.1, -0.05) is 44.8 Å². The van der Waals surface area contributed by atoms with Gasteiger partial charge in [0.1, 0.15) is 6.10 Å². The number of thioether (sulfide) groups is 1. The molecule has 2 atom stereocenters. The molecule has 1 aliphatic rings. The van der Waals surface area contributed by atoms with E-state index in [-0.39, 0.29) is 12.7 Å². The maximum absolute atomic E-state index is 13.0. The monoisotopic (exact) mass is 392 g/mol. The summed E-state index contributed by atoms with van der Waals surface area (Å²) in [6, 6.07) is 1.97. The van der Waals surface area contributed by atoms with E-state index in [9.17, 15) is 4.39 Å². The fourth-order valence-electron chi connectivity index (χ4n) is 2.82. The van der Waals surface area contributed by atoms with Crippen LogP contribution in [0.4, 0.5) is 4.39 Å². The molecule has 0 radical (unpaired) electrons. The van der Waals surface area contributed by atoms with Crippen molar-refractivity contribution in [1.29, 1.82) is 0 Å². The Morgan fingerprint density at radius 1 is 1.48 bits per heavy atom. The van der Waals surface area contributed by atoms with Gasteiger partial charge in [0, 0.05) is 10.5 Å². The number of pyridine rings is 1. The number of hydrogen-bond donors (Lipinski definition) is 1. The van der Waals surface area contributed by atoms with Gasteiger partial charge in [-0.15, -0.1) is 0 Å². The fraction of sp³-hybridized carbons (Fsp3) is 0.476. The van der Waals surface area contributed by atoms with Gasteiger partial charge in [-0.05, 0) is 49.1 Å². The number of halogens is 1. The molecule has 2 rings (SSSR count). The van der Waals surface area contributed by atoms with E-state index >= 15 is 0 Å². The van der Waals surface area contributed by atoms with Crippen LogP contribution in [-0.2, 0) is 11.2 Å². The number of allylic oxidation sites excluding steroid dienone is 2. The molecule has 0 aliphatic carbocycles. The van der Waals surface area contributed by atoms with Crippen LogP contribution in [0.3, 0.4) is 0 Å². The van der Waals surface area contributed by atoms with Gasteiger partial charge in [-0.3, -0.25) is 0 Å². The number of fused-ring (bicyclic) bond motifs is 1. The van der Waals surface area contributed by atoms with Crippen LogP contribution in [-0.4, -0.2) is 24.1 Å². The number of nitrogens with two attached hydrogens (primary N) is 1. The molecule has 1 aromatic rings. The van der Waals surface area contributed by atoms with Crippen LogP contribution < -0.4 is 10.5 Å². The lowest BCUT2D eigenvalue weighted by Crippen LogP contribution is -2.30. The van der Waals surface area contributed by atoms with Gasteiger partial charge >= 0.3 is 0 Å². The number of alkyl halides is 1. The largest absolute Gasteiger partial charge is 0.472 e. The van der Waals surface area contributed by atoms with Gasteiger partial charge in [0.2, 0.25) is 5.88 Å². The first kappa shape index (κ1) is 21.5. The molecule has 0 aromatic carbocycles. The molecular weight excluding hydrogens is 363 g/mol. The maximum Gasteiger partial charge on any atom is 0.218 e. The van der Waals surface area contributed by atoms with Gasteiger partial charge in [0.15, 0.2) is 6.36 Å². The Morgan fingerprint density at radius 3 is 2.74 bits per heavy atom. The van der Waals surface area contributed by atoms with Crippen molar-refractivity contribution in [3.05, 3.63) is 47.0 Å². The Bertz CT molecular complexity index is 744. The molecule has 6 heteroatoms. The molecule has 148 valence electrons. The van der Waals surface area contributed by atoms with Crippen molar-refractivity contribution in [2.75, 3.05) is 6.61 Å². The predicted molar refractivity (Wildman–Crippen MR) is 112 cm³/mol. The van der Waals surface area contributed by atoms with E-state index in [0.717, 1.165) is 33.8 Å². The second-order valence-electron chi connectivity index (χ2n) is 7.10. The summed E-state index contributed by atoms with van der Waals surface area (Å²) >= 11 is 1.63. The lowest BCUT2D eigenvalue weighted by Gasteiger charge is -2.28. The Balaban J connectivity index is 2.46. The molecule has 4 nitrogen and oxygen atoms in total. The number of aromatic nitrogens is 1. The molecule has 0 spiro atoms. The summed E-state index contributed by atoms with van der Waals surface area (Å²) in [4.78, 5) is 6.64. The normalized spacial score (nSPS) is 18.0. The first-order valence-corrected chi connectivity index (χ1v) is 9.95. The minimum Gasteiger partial charge on any atom is -0.472 e. The molecule has 0 bridgehead atoms. The SMILES string of the molecule is C=C(C)S/C(=C\C(C)C)c1cc(C(=C)N)nc2c1CCC(COC(C)F)O2. The topological polar surface area (TPSA) is 57.4 Å². The first-order valence-electron chi connectivity index (χ1n) is 9.14. The number of rotatable bonds is 8. The Labute approximate surface area is 165 Å². The highest BCUT2D eigenvalue weighted by Crippen LogP contribution is 2.40. The van der Waals surface area contributed by atoms with Crippen molar-refractivity contribution in [1.82, 2.24) is 4.98 Å². The van der Waals surface area contributed by atoms with Crippen molar-refractivity contribution in [3.63, 3.8) is 0 Å². The molecule has 2 unspecified atom stereocenters. The van der Waals surface area contributed by atoms with E-state index in [1.165, 1.54) is 6.92 Å². The zero-order chi connectivity index (χ0) is 20.1. The summed E-state index contributed by atoms with van der Waals surface area (Å²) in [6.07, 6.45) is 2.17. The van der Waals surface area contributed by atoms with Crippen LogP contribution in [0.5, 0.6) is 5.88 Å². The molecule has 27 heavy (non-hydrogen) atoms. The molecule has 2 N–H and O–H groups in total. The van der Waals surface area contributed by atoms with Crippen molar-refractivity contribution in [2.45, 2.75) is 53.0 Å². The molecule has 1 aliphatic heterocycles. The van der Waals surface area contributed by atoms with Crippen LogP contribution >= 0.6 is 11.8 Å². The van der Waals surface area contributed by atoms with E-state index in [4.69, 9.17) is 15.2 Å². The molecule has 1 aromatic heterocycles. The zero-order valence-electron chi connectivity index (χ0n) is 16.5. The molecule has 0 amide bonds. The number of ether oxygens (including phenoxy) is 2. The van der Waals surface area contributed by atoms with E-state index in [1.807, 2.05) is 13.0 Å². The van der Waals surface area contributed by atoms with Crippen molar-refractivity contribution in [3.8, 4) is 5.88 Å². The smallest absolute Gasteiger partial charge is 0.218 e. The summed E-state index contributed by atoms with van der Waals surface area (Å²) in [5, 5.41) is 0. The fourth-order valence-corrected chi connectivity index (χ4v) is 3.83. The lowest BCUT2D eigenvalue weighted by atomic mass is 9.97. The Morgan fingerprint density at radius 2 is 2.19 bits per heavy atom. The molecule has 0 saturated carbocycles. The van der Waals surface area contributed by atoms with Crippen LogP contribution in [0.1, 0.15) is 50.9 Å². The van der Waals surface area contributed by atoms with Gasteiger partial charge in [0.05, 0.1) is 18.0 Å². The van der Waals surface area contributed by atoms with Gasteiger partial charge in [0.25, 0.3) is 0 Å². The van der Waals surface area contributed by atoms with E-state index < -0.39 is 6.36 Å². The minimum absolute atomic E-state index is 0.192. The van der Waals surface area contributed by atoms with Crippen LogP contribution in [0.2, 0.25) is 0 Å². The summed E-state index contributed by atoms with van der Waals surface area (Å²) in [7, 11) is 0. The van der Waals surface area contributed by atoms with Gasteiger partial charge in [-0.25, -0.2) is 9.37 Å². The second-order valence-corrected chi connectivity index (χ2v) is 8.44. The van der Waals surface area contributed by atoms with Gasteiger partial charge in [-0.2, -0.15) is 0 Å². The first-order chi connectivity index (χ1) is 12.7. The van der Waals surface area contributed by atoms with E-state index in [0.29, 0.717) is 23.2 Å². The number of hydrogen-bond acceptors (Lipinski definition) is 5. The van der Waals surface area contributed by atoms with Crippen molar-refractivity contribution < 1.29 is 13.9 Å². The Kier molecular flexibility index (Phi) is 7.50. The molecule has 0 fully saturated rings. The highest BCUT2D eigenvalue weighted by molar-refractivity contribution is 8.11. The average Bonchev–Trinajstić information content (AvgIpc) is 2.57. The highest BCUT2D eigenvalue weighted by atomic mass is 32.2. The van der Waals surface area contributed by atoms with Crippen LogP contribution in [0.25, 0.3) is 10.6 Å². The number of nitrogens with zero attached hydrogens (tertiary/aromatic N) is 1. The summed E-state index contributed by atoms with van der Waals surface area (Å²) in [6.45, 7) is 15.7. The third-order valence-corrected chi connectivity index (χ3v) is 4.88. The molecular formula is C21H29FN2O2S. The summed E-state index contributed by atoms with van der Waals surface area (Å²) < 4.78 is 24.1. The predicted octanol–water partition coefficient (Wildman–Crippen LogP) is 5.30. The van der Waals surface area contributed by atoms with Crippen molar-refractivity contribution in [2.24, 2.45) is 11.7 Å². The van der Waals surface area contributed by atoms with E-state index in [2.05, 4.69) is 38.1 Å². The third-order valence-electron chi connectivity index (χ3n) is 3.96. The van der Waals surface area contributed by atoms with Crippen LogP contribution in [0, 0.1) is 5.92 Å². The lowest BCUT2D eigenvalue weighted by molar-refractivity contribution is -0.0603. The van der Waals surface area contributed by atoms with Crippen LogP contribution in [0.15, 0.2) is 30.2 Å². The average molecular weight is 393 g/mol. The zero-order valence-corrected chi connectivity index (χ0v) is 17.4. The third kappa shape index (κ3) is 6.11. The quantitative estimate of drug-likeness (QED) is 0.650. The van der Waals surface area contributed by atoms with E-state index in [1.54, 1.807) is 11.8 Å². The Hall–Kier alpha value is -1.79. The van der Waals surface area contributed by atoms with Gasteiger partial charge < -0.3 is 15.2 Å². The second kappa shape index (κ2) is 9.42. The maximum atomic E-state index is 13.0. The summed E-state index contributed by atoms with van der Waals surface area (Å²) in [5.41, 5.74) is 8.96. The minimum atomic E-state index is -1.32. The summed E-state index contributed by atoms with van der Waals surface area (Å²) in [5.74, 6) is 0.898.